The molecule has 0 saturated heterocycles. The molecule has 0 spiro atoms. The molecule has 1 aliphatic heterocycles. The minimum Gasteiger partial charge on any atom is -0.384 e. The van der Waals surface area contributed by atoms with Crippen LogP contribution >= 0.6 is 0 Å². The van der Waals surface area contributed by atoms with Gasteiger partial charge in [0, 0.05) is 6.04 Å². The zero-order valence-corrected chi connectivity index (χ0v) is 7.50. The smallest absolute Gasteiger partial charge is 0.0470 e. The third-order valence-electron chi connectivity index (χ3n) is 2.97. The SMILES string of the molecule is C1=CNC(C2CCCCC2)C=C1. The van der Waals surface area contributed by atoms with Gasteiger partial charge in [0.05, 0.1) is 0 Å². The van der Waals surface area contributed by atoms with Crippen LogP contribution in [0.25, 0.3) is 0 Å². The van der Waals surface area contributed by atoms with Gasteiger partial charge in [-0.05, 0) is 31.0 Å². The number of dihydropyridines is 1. The molecule has 1 heteroatoms. The van der Waals surface area contributed by atoms with Gasteiger partial charge in [-0.3, -0.25) is 0 Å². The summed E-state index contributed by atoms with van der Waals surface area (Å²) in [4.78, 5) is 0. The van der Waals surface area contributed by atoms with Crippen LogP contribution in [0.5, 0.6) is 0 Å². The zero-order chi connectivity index (χ0) is 8.23. The maximum Gasteiger partial charge on any atom is 0.0470 e. The molecule has 1 unspecified atom stereocenters. The summed E-state index contributed by atoms with van der Waals surface area (Å²) in [7, 11) is 0. The Balaban J connectivity index is 1.90. The summed E-state index contributed by atoms with van der Waals surface area (Å²) >= 11 is 0. The second kappa shape index (κ2) is 3.79. The van der Waals surface area contributed by atoms with Gasteiger partial charge < -0.3 is 5.32 Å². The fraction of sp³-hybridized carbons (Fsp3) is 0.636. The van der Waals surface area contributed by atoms with Gasteiger partial charge in [-0.25, -0.2) is 0 Å². The highest BCUT2D eigenvalue weighted by Gasteiger charge is 2.20. The van der Waals surface area contributed by atoms with Crippen LogP contribution in [0.1, 0.15) is 32.1 Å². The Labute approximate surface area is 74.5 Å². The minimum absolute atomic E-state index is 0.621. The fourth-order valence-corrected chi connectivity index (χ4v) is 2.25. The van der Waals surface area contributed by atoms with E-state index in [1.54, 1.807) is 0 Å². The van der Waals surface area contributed by atoms with Crippen LogP contribution in [0.4, 0.5) is 0 Å². The highest BCUT2D eigenvalue weighted by atomic mass is 14.9. The van der Waals surface area contributed by atoms with Crippen LogP contribution in [0.15, 0.2) is 24.4 Å². The summed E-state index contributed by atoms with van der Waals surface area (Å²) in [5.74, 6) is 0.889. The molecule has 2 aliphatic rings. The maximum atomic E-state index is 3.42. The van der Waals surface area contributed by atoms with E-state index < -0.39 is 0 Å². The van der Waals surface area contributed by atoms with Crippen molar-refractivity contribution in [1.29, 1.82) is 0 Å². The lowest BCUT2D eigenvalue weighted by Crippen LogP contribution is -2.33. The van der Waals surface area contributed by atoms with Crippen LogP contribution in [0.3, 0.4) is 0 Å². The van der Waals surface area contributed by atoms with Crippen LogP contribution in [0.2, 0.25) is 0 Å². The third kappa shape index (κ3) is 1.71. The van der Waals surface area contributed by atoms with Gasteiger partial charge >= 0.3 is 0 Å². The summed E-state index contributed by atoms with van der Waals surface area (Å²) in [5, 5.41) is 3.42. The van der Waals surface area contributed by atoms with E-state index in [1.165, 1.54) is 32.1 Å². The van der Waals surface area contributed by atoms with E-state index in [0.717, 1.165) is 5.92 Å². The van der Waals surface area contributed by atoms with Crippen molar-refractivity contribution in [2.45, 2.75) is 38.1 Å². The lowest BCUT2D eigenvalue weighted by molar-refractivity contribution is 0.313. The quantitative estimate of drug-likeness (QED) is 0.626. The Hall–Kier alpha value is -0.720. The lowest BCUT2D eigenvalue weighted by atomic mass is 9.83. The van der Waals surface area contributed by atoms with Crippen LogP contribution in [0, 0.1) is 5.92 Å². The van der Waals surface area contributed by atoms with Crippen molar-refractivity contribution in [3.8, 4) is 0 Å². The van der Waals surface area contributed by atoms with Crippen molar-refractivity contribution in [1.82, 2.24) is 5.32 Å². The van der Waals surface area contributed by atoms with Crippen molar-refractivity contribution in [3.63, 3.8) is 0 Å². The second-order valence-electron chi connectivity index (χ2n) is 3.83. The first-order valence-electron chi connectivity index (χ1n) is 5.06. The summed E-state index contributed by atoms with van der Waals surface area (Å²) < 4.78 is 0. The van der Waals surface area contributed by atoms with Crippen LogP contribution in [-0.2, 0) is 0 Å². The highest BCUT2D eigenvalue weighted by molar-refractivity contribution is 5.13. The Morgan fingerprint density at radius 1 is 1.00 bits per heavy atom. The molecule has 1 saturated carbocycles. The fourth-order valence-electron chi connectivity index (χ4n) is 2.25. The normalized spacial score (nSPS) is 30.2. The summed E-state index contributed by atoms with van der Waals surface area (Å²) in [6, 6.07) is 0.621. The van der Waals surface area contributed by atoms with E-state index in [-0.39, 0.29) is 0 Å². The average Bonchev–Trinajstić information content (AvgIpc) is 2.21. The predicted octanol–water partition coefficient (Wildman–Crippen LogP) is 2.61. The van der Waals surface area contributed by atoms with Crippen LogP contribution < -0.4 is 5.32 Å². The molecule has 0 aromatic carbocycles. The molecule has 1 aliphatic carbocycles. The topological polar surface area (TPSA) is 12.0 Å². The Morgan fingerprint density at radius 3 is 2.50 bits per heavy atom. The molecule has 0 radical (unpaired) electrons. The second-order valence-corrected chi connectivity index (χ2v) is 3.83. The third-order valence-corrected chi connectivity index (χ3v) is 2.97. The van der Waals surface area contributed by atoms with Gasteiger partial charge in [0.1, 0.15) is 0 Å². The molecular weight excluding hydrogens is 146 g/mol. The van der Waals surface area contributed by atoms with Gasteiger partial charge in [-0.15, -0.1) is 0 Å². The first kappa shape index (κ1) is 7.90. The maximum absolute atomic E-state index is 3.42. The first-order chi connectivity index (χ1) is 5.97. The van der Waals surface area contributed by atoms with E-state index in [1.807, 2.05) is 0 Å². The summed E-state index contributed by atoms with van der Waals surface area (Å²) in [5.41, 5.74) is 0. The molecule has 1 fully saturated rings. The molecule has 12 heavy (non-hydrogen) atoms. The zero-order valence-electron chi connectivity index (χ0n) is 7.50. The molecule has 1 nitrogen and oxygen atoms in total. The van der Waals surface area contributed by atoms with Gasteiger partial charge in [-0.2, -0.15) is 0 Å². The number of rotatable bonds is 1. The highest BCUT2D eigenvalue weighted by Crippen LogP contribution is 2.27. The van der Waals surface area contributed by atoms with Crippen molar-refractivity contribution in [2.24, 2.45) is 5.92 Å². The lowest BCUT2D eigenvalue weighted by Gasteiger charge is -2.29. The van der Waals surface area contributed by atoms with Gasteiger partial charge in [-0.1, -0.05) is 31.4 Å². The Bertz CT molecular complexity index is 187. The number of nitrogens with one attached hydrogen (secondary N) is 1. The molecule has 0 aromatic heterocycles. The number of hydrogen-bond acceptors (Lipinski definition) is 1. The monoisotopic (exact) mass is 163 g/mol. The van der Waals surface area contributed by atoms with E-state index in [4.69, 9.17) is 0 Å². The van der Waals surface area contributed by atoms with Gasteiger partial charge in [0.15, 0.2) is 0 Å². The standard InChI is InChI=1S/C11H17N/c1-2-6-10(7-3-1)11-8-4-5-9-12-11/h4-5,8-12H,1-3,6-7H2. The minimum atomic E-state index is 0.621. The van der Waals surface area contributed by atoms with E-state index in [9.17, 15) is 0 Å². The van der Waals surface area contributed by atoms with Crippen molar-refractivity contribution in [2.75, 3.05) is 0 Å². The molecule has 0 amide bonds. The van der Waals surface area contributed by atoms with E-state index >= 15 is 0 Å². The Morgan fingerprint density at radius 2 is 1.83 bits per heavy atom. The molecule has 1 heterocycles. The molecule has 2 rings (SSSR count). The molecular formula is C11H17N. The van der Waals surface area contributed by atoms with Gasteiger partial charge in [0.2, 0.25) is 0 Å². The van der Waals surface area contributed by atoms with Crippen molar-refractivity contribution in [3.05, 3.63) is 24.4 Å². The molecule has 1 N–H and O–H groups in total. The summed E-state index contributed by atoms with van der Waals surface area (Å²) in [6.07, 6.45) is 15.7. The number of allylic oxidation sites excluding steroid dienone is 2. The predicted molar refractivity (Wildman–Crippen MR) is 51.8 cm³/mol. The van der Waals surface area contributed by atoms with Crippen molar-refractivity contribution < 1.29 is 0 Å². The molecule has 66 valence electrons. The number of hydrogen-bond donors (Lipinski definition) is 1. The van der Waals surface area contributed by atoms with Crippen LogP contribution in [-0.4, -0.2) is 6.04 Å². The average molecular weight is 163 g/mol. The van der Waals surface area contributed by atoms with E-state index in [2.05, 4.69) is 29.7 Å². The van der Waals surface area contributed by atoms with E-state index in [0.29, 0.717) is 6.04 Å². The summed E-state index contributed by atoms with van der Waals surface area (Å²) in [6.45, 7) is 0. The van der Waals surface area contributed by atoms with Gasteiger partial charge in [0.25, 0.3) is 0 Å². The molecule has 0 aromatic rings. The first-order valence-corrected chi connectivity index (χ1v) is 5.06. The Kier molecular flexibility index (Phi) is 2.50. The molecule has 1 atom stereocenters. The van der Waals surface area contributed by atoms with Crippen molar-refractivity contribution >= 4 is 0 Å². The largest absolute Gasteiger partial charge is 0.384 e. The molecule has 0 bridgehead atoms.